The summed E-state index contributed by atoms with van der Waals surface area (Å²) in [5.41, 5.74) is 1.50. The number of nitrogens with one attached hydrogen (secondary N) is 3. The quantitative estimate of drug-likeness (QED) is 0.445. The second kappa shape index (κ2) is 11.7. The molecule has 1 aromatic heterocycles. The van der Waals surface area contributed by atoms with Crippen LogP contribution < -0.4 is 30.2 Å². The number of hydrogen-bond donors (Lipinski definition) is 3. The second-order valence-electron chi connectivity index (χ2n) is 9.01. The monoisotopic (exact) mass is 518 g/mol. The number of methoxy groups -OCH3 is 1. The molecule has 1 fully saturated rings. The molecule has 1 atom stereocenters. The van der Waals surface area contributed by atoms with Crippen molar-refractivity contribution >= 4 is 34.8 Å². The van der Waals surface area contributed by atoms with Crippen LogP contribution in [0.4, 0.5) is 23.0 Å². The van der Waals surface area contributed by atoms with E-state index in [0.717, 1.165) is 24.2 Å². The lowest BCUT2D eigenvalue weighted by Gasteiger charge is -2.24. The van der Waals surface area contributed by atoms with Crippen LogP contribution in [0.15, 0.2) is 54.9 Å². The van der Waals surface area contributed by atoms with E-state index in [0.29, 0.717) is 42.0 Å². The van der Waals surface area contributed by atoms with Gasteiger partial charge in [0.2, 0.25) is 5.91 Å². The van der Waals surface area contributed by atoms with Crippen LogP contribution in [0, 0.1) is 0 Å². The van der Waals surface area contributed by atoms with Crippen molar-refractivity contribution in [3.63, 3.8) is 0 Å². The summed E-state index contributed by atoms with van der Waals surface area (Å²) >= 11 is 0. The highest BCUT2D eigenvalue weighted by atomic mass is 16.5. The van der Waals surface area contributed by atoms with E-state index in [1.54, 1.807) is 36.3 Å². The molecule has 0 saturated carbocycles. The van der Waals surface area contributed by atoms with Gasteiger partial charge in [-0.25, -0.2) is 9.97 Å². The molecule has 3 N–H and O–H groups in total. The molecular weight excluding hydrogens is 488 g/mol. The summed E-state index contributed by atoms with van der Waals surface area (Å²) < 4.78 is 17.1. The molecule has 2 amide bonds. The second-order valence-corrected chi connectivity index (χ2v) is 9.01. The summed E-state index contributed by atoms with van der Waals surface area (Å²) in [6.45, 7) is 1.09. The van der Waals surface area contributed by atoms with Gasteiger partial charge < -0.3 is 35.1 Å². The molecule has 0 radical (unpaired) electrons. The first kappa shape index (κ1) is 25.1. The number of rotatable bonds is 1. The number of nitrogens with zero attached hydrogens (tertiary/aromatic N) is 3. The molecule has 0 aliphatic carbocycles. The van der Waals surface area contributed by atoms with Crippen molar-refractivity contribution in [2.45, 2.75) is 25.3 Å². The van der Waals surface area contributed by atoms with Gasteiger partial charge in [-0.05, 0) is 37.1 Å². The number of carbonyl (C=O) groups is 2. The molecule has 1 saturated heterocycles. The van der Waals surface area contributed by atoms with Gasteiger partial charge >= 0.3 is 0 Å². The predicted molar refractivity (Wildman–Crippen MR) is 141 cm³/mol. The molecule has 3 heterocycles. The molecule has 0 spiro atoms. The van der Waals surface area contributed by atoms with Crippen molar-refractivity contribution in [3.8, 4) is 17.2 Å². The fourth-order valence-corrected chi connectivity index (χ4v) is 4.56. The zero-order valence-electron chi connectivity index (χ0n) is 21.1. The lowest BCUT2D eigenvalue weighted by atomic mass is 10.1. The number of aromatic nitrogens is 2. The van der Waals surface area contributed by atoms with Crippen molar-refractivity contribution in [2.24, 2.45) is 0 Å². The number of fused-ring (bicyclic) bond motifs is 7. The molecule has 11 nitrogen and oxygen atoms in total. The average Bonchev–Trinajstić information content (AvgIpc) is 3.38. The van der Waals surface area contributed by atoms with E-state index in [1.165, 1.54) is 6.33 Å². The summed E-state index contributed by atoms with van der Waals surface area (Å²) in [6.07, 6.45) is 3.34. The summed E-state index contributed by atoms with van der Waals surface area (Å²) in [4.78, 5) is 35.9. The molecular formula is C27H30N6O5. The van der Waals surface area contributed by atoms with E-state index >= 15 is 0 Å². The van der Waals surface area contributed by atoms with E-state index in [-0.39, 0.29) is 37.5 Å². The minimum Gasteiger partial charge on any atom is -0.493 e. The fraction of sp³-hybridized carbons (Fsp3) is 0.333. The van der Waals surface area contributed by atoms with E-state index in [2.05, 4.69) is 25.9 Å². The number of benzene rings is 2. The van der Waals surface area contributed by atoms with Gasteiger partial charge in [0.05, 0.1) is 13.7 Å². The van der Waals surface area contributed by atoms with Crippen LogP contribution in [0.25, 0.3) is 0 Å². The largest absolute Gasteiger partial charge is 0.493 e. The maximum Gasteiger partial charge on any atom is 0.260 e. The molecule has 3 aromatic rings. The van der Waals surface area contributed by atoms with Gasteiger partial charge in [0, 0.05) is 48.6 Å². The highest BCUT2D eigenvalue weighted by Gasteiger charge is 2.30. The maximum absolute atomic E-state index is 12.9. The van der Waals surface area contributed by atoms with Crippen molar-refractivity contribution in [2.75, 3.05) is 44.0 Å². The van der Waals surface area contributed by atoms with E-state index < -0.39 is 0 Å². The Kier molecular flexibility index (Phi) is 7.72. The van der Waals surface area contributed by atoms with Gasteiger partial charge in [-0.2, -0.15) is 0 Å². The van der Waals surface area contributed by atoms with E-state index in [4.69, 9.17) is 14.2 Å². The standard InChI is InChI=1S/C27H30N6O5/c1-36-22-8-7-19-13-23(22)37-11-9-28-26(34)14-20-5-3-10-33(20)27(35)16-38-21-6-2-4-18(12-21)31-24-15-25(32-19)30-17-29-24/h2,4,6-8,12-13,15,17,20H,3,5,9-11,14,16H2,1H3,(H,28,34)(H2,29,30,31,32). The fourth-order valence-electron chi connectivity index (χ4n) is 4.56. The number of ether oxygens (including phenoxy) is 3. The Morgan fingerprint density at radius 1 is 1.00 bits per heavy atom. The first-order valence-electron chi connectivity index (χ1n) is 12.5. The van der Waals surface area contributed by atoms with Crippen LogP contribution in [-0.2, 0) is 9.59 Å². The van der Waals surface area contributed by atoms with Crippen LogP contribution in [0.5, 0.6) is 17.2 Å². The van der Waals surface area contributed by atoms with Crippen molar-refractivity contribution in [1.82, 2.24) is 20.2 Å². The molecule has 2 aromatic carbocycles. The molecule has 5 rings (SSSR count). The lowest BCUT2D eigenvalue weighted by Crippen LogP contribution is -2.41. The molecule has 2 aliphatic heterocycles. The van der Waals surface area contributed by atoms with Gasteiger partial charge in [0.15, 0.2) is 18.1 Å². The Labute approximate surface area is 220 Å². The average molecular weight is 519 g/mol. The van der Waals surface area contributed by atoms with Gasteiger partial charge in [-0.15, -0.1) is 0 Å². The topological polar surface area (TPSA) is 127 Å². The Morgan fingerprint density at radius 3 is 2.63 bits per heavy atom. The van der Waals surface area contributed by atoms with Gasteiger partial charge in [0.25, 0.3) is 5.91 Å². The van der Waals surface area contributed by atoms with Crippen LogP contribution in [-0.4, -0.2) is 66.1 Å². The van der Waals surface area contributed by atoms with Crippen LogP contribution in [0.3, 0.4) is 0 Å². The van der Waals surface area contributed by atoms with Gasteiger partial charge in [-0.1, -0.05) is 6.07 Å². The van der Waals surface area contributed by atoms with Gasteiger partial charge in [-0.3, -0.25) is 9.59 Å². The van der Waals surface area contributed by atoms with Crippen LogP contribution in [0.1, 0.15) is 19.3 Å². The van der Waals surface area contributed by atoms with Gasteiger partial charge in [0.1, 0.15) is 30.3 Å². The number of hydrogen-bond acceptors (Lipinski definition) is 9. The highest BCUT2D eigenvalue weighted by molar-refractivity contribution is 5.81. The third-order valence-corrected chi connectivity index (χ3v) is 6.37. The molecule has 11 heteroatoms. The van der Waals surface area contributed by atoms with E-state index in [9.17, 15) is 9.59 Å². The van der Waals surface area contributed by atoms with Crippen LogP contribution in [0.2, 0.25) is 0 Å². The van der Waals surface area contributed by atoms with Crippen LogP contribution >= 0.6 is 0 Å². The maximum atomic E-state index is 12.9. The summed E-state index contributed by atoms with van der Waals surface area (Å²) in [6, 6.07) is 14.4. The summed E-state index contributed by atoms with van der Waals surface area (Å²) in [5.74, 6) is 2.56. The third kappa shape index (κ3) is 6.23. The highest BCUT2D eigenvalue weighted by Crippen LogP contribution is 2.32. The molecule has 2 aliphatic rings. The molecule has 38 heavy (non-hydrogen) atoms. The Bertz CT molecular complexity index is 1300. The third-order valence-electron chi connectivity index (χ3n) is 6.37. The first-order chi connectivity index (χ1) is 18.6. The van der Waals surface area contributed by atoms with Crippen molar-refractivity contribution < 1.29 is 23.8 Å². The number of carbonyl (C=O) groups excluding carboxylic acids is 2. The zero-order chi connectivity index (χ0) is 26.3. The number of anilines is 4. The number of amides is 2. The molecule has 6 bridgehead atoms. The molecule has 1 unspecified atom stereocenters. The first-order valence-corrected chi connectivity index (χ1v) is 12.5. The van der Waals surface area contributed by atoms with E-state index in [1.807, 2.05) is 24.3 Å². The summed E-state index contributed by atoms with van der Waals surface area (Å²) in [7, 11) is 1.57. The predicted octanol–water partition coefficient (Wildman–Crippen LogP) is 3.24. The lowest BCUT2D eigenvalue weighted by molar-refractivity contribution is -0.135. The van der Waals surface area contributed by atoms with Crippen molar-refractivity contribution in [1.29, 1.82) is 0 Å². The van der Waals surface area contributed by atoms with Crippen molar-refractivity contribution in [3.05, 3.63) is 54.9 Å². The summed E-state index contributed by atoms with van der Waals surface area (Å²) in [5, 5.41) is 9.38. The minimum absolute atomic E-state index is 0.101. The Morgan fingerprint density at radius 2 is 1.82 bits per heavy atom. The normalized spacial score (nSPS) is 18.2. The smallest absolute Gasteiger partial charge is 0.260 e. The molecule has 198 valence electrons. The Hall–Kier alpha value is -4.54. The Balaban J connectivity index is 1.39. The minimum atomic E-state index is -0.146. The SMILES string of the molecule is COc1ccc2cc1OCCNC(=O)CC1CCCN1C(=O)COc1cccc(c1)Nc1cc(ncn1)N2. The zero-order valence-corrected chi connectivity index (χ0v) is 21.1.